The fraction of sp³-hybridized carbons (Fsp3) is 0.345. The number of hydrogen-bond acceptors (Lipinski definition) is 4. The molecule has 2 amide bonds. The third-order valence-corrected chi connectivity index (χ3v) is 8.33. The molecule has 5 rings (SSSR count). The predicted molar refractivity (Wildman–Crippen MR) is 144 cm³/mol. The molecule has 3 N–H and O–H groups in total. The summed E-state index contributed by atoms with van der Waals surface area (Å²) in [6, 6.07) is 17.7. The van der Waals surface area contributed by atoms with E-state index in [1.165, 1.54) is 17.8 Å². The van der Waals surface area contributed by atoms with Crippen molar-refractivity contribution in [2.75, 3.05) is 6.54 Å². The van der Waals surface area contributed by atoms with Crippen LogP contribution in [0.15, 0.2) is 72.4 Å². The fourth-order valence-electron chi connectivity index (χ4n) is 5.43. The molecule has 0 bridgehead atoms. The molecule has 36 heavy (non-hydrogen) atoms. The number of rotatable bonds is 8. The van der Waals surface area contributed by atoms with E-state index in [2.05, 4.69) is 26.7 Å². The molecular weight excluding hydrogens is 468 g/mol. The van der Waals surface area contributed by atoms with Crippen LogP contribution in [0.4, 0.5) is 0 Å². The van der Waals surface area contributed by atoms with E-state index in [0.717, 1.165) is 47.8 Å². The summed E-state index contributed by atoms with van der Waals surface area (Å²) in [5.41, 5.74) is 1.72. The zero-order valence-electron chi connectivity index (χ0n) is 20.5. The summed E-state index contributed by atoms with van der Waals surface area (Å²) in [4.78, 5) is 35.6. The molecule has 3 heterocycles. The minimum atomic E-state index is -1.13. The van der Waals surface area contributed by atoms with Gasteiger partial charge in [-0.3, -0.25) is 14.6 Å². The number of amides is 2. The summed E-state index contributed by atoms with van der Waals surface area (Å²) in [5.74, 6) is -0.418. The zero-order chi connectivity index (χ0) is 25.0. The first-order valence-electron chi connectivity index (χ1n) is 12.6. The van der Waals surface area contributed by atoms with Gasteiger partial charge in [0.25, 0.3) is 5.91 Å². The normalized spacial score (nSPS) is 16.8. The number of para-hydroxylation sites is 1. The van der Waals surface area contributed by atoms with Gasteiger partial charge in [0, 0.05) is 47.4 Å². The molecule has 0 radical (unpaired) electrons. The van der Waals surface area contributed by atoms with Gasteiger partial charge < -0.3 is 15.6 Å². The summed E-state index contributed by atoms with van der Waals surface area (Å²) in [6.07, 6.45) is 9.56. The minimum Gasteiger partial charge on any atom is -0.361 e. The molecule has 3 aromatic heterocycles. The molecule has 1 saturated carbocycles. The van der Waals surface area contributed by atoms with E-state index in [-0.39, 0.29) is 17.2 Å². The van der Waals surface area contributed by atoms with E-state index in [1.807, 2.05) is 67.2 Å². The standard InChI is InChI=1S/C29H32N4O2S/c1-28(33-26(34)24-12-9-17-36-24,18-21-19-31-23-11-4-3-10-22(21)23)27(35)32-20-29(14-6-2-7-15-29)25-13-5-8-16-30-25/h3-5,8-13,16-17,19,31H,2,6-7,14-15,18,20H2,1H3,(H,32,35)(H,33,34)/t28-/m0/s1. The highest BCUT2D eigenvalue weighted by Crippen LogP contribution is 2.38. The van der Waals surface area contributed by atoms with Gasteiger partial charge in [0.15, 0.2) is 0 Å². The van der Waals surface area contributed by atoms with Crippen molar-refractivity contribution >= 4 is 34.1 Å². The molecule has 0 aliphatic heterocycles. The number of hydrogen-bond donors (Lipinski definition) is 3. The molecule has 1 aromatic carbocycles. The Morgan fingerprint density at radius 1 is 1.06 bits per heavy atom. The number of pyridine rings is 1. The van der Waals surface area contributed by atoms with Crippen molar-refractivity contribution in [3.8, 4) is 0 Å². The molecule has 186 valence electrons. The van der Waals surface area contributed by atoms with Gasteiger partial charge in [0.2, 0.25) is 5.91 Å². The van der Waals surface area contributed by atoms with Gasteiger partial charge in [-0.2, -0.15) is 0 Å². The number of H-pyrrole nitrogens is 1. The van der Waals surface area contributed by atoms with Gasteiger partial charge in [-0.1, -0.05) is 49.6 Å². The molecule has 1 fully saturated rings. The van der Waals surface area contributed by atoms with Crippen LogP contribution in [0.3, 0.4) is 0 Å². The van der Waals surface area contributed by atoms with Crippen LogP contribution in [0.5, 0.6) is 0 Å². The average molecular weight is 501 g/mol. The lowest BCUT2D eigenvalue weighted by Gasteiger charge is -2.38. The fourth-order valence-corrected chi connectivity index (χ4v) is 6.05. The summed E-state index contributed by atoms with van der Waals surface area (Å²) in [6.45, 7) is 2.32. The molecule has 1 aliphatic carbocycles. The third kappa shape index (κ3) is 4.93. The molecule has 0 saturated heterocycles. The highest BCUT2D eigenvalue weighted by molar-refractivity contribution is 7.12. The molecule has 6 nitrogen and oxygen atoms in total. The number of nitrogens with one attached hydrogen (secondary N) is 3. The monoisotopic (exact) mass is 500 g/mol. The third-order valence-electron chi connectivity index (χ3n) is 7.46. The summed E-state index contributed by atoms with van der Waals surface area (Å²) >= 11 is 1.37. The van der Waals surface area contributed by atoms with Gasteiger partial charge in [-0.25, -0.2) is 0 Å². The summed E-state index contributed by atoms with van der Waals surface area (Å²) in [7, 11) is 0. The smallest absolute Gasteiger partial charge is 0.262 e. The quantitative estimate of drug-likeness (QED) is 0.304. The van der Waals surface area contributed by atoms with E-state index in [0.29, 0.717) is 17.8 Å². The van der Waals surface area contributed by atoms with Crippen molar-refractivity contribution in [1.82, 2.24) is 20.6 Å². The van der Waals surface area contributed by atoms with E-state index < -0.39 is 5.54 Å². The van der Waals surface area contributed by atoms with Gasteiger partial charge in [-0.15, -0.1) is 11.3 Å². The number of thiophene rings is 1. The van der Waals surface area contributed by atoms with Gasteiger partial charge in [0.1, 0.15) is 5.54 Å². The Kier molecular flexibility index (Phi) is 6.92. The highest BCUT2D eigenvalue weighted by atomic mass is 32.1. The largest absolute Gasteiger partial charge is 0.361 e. The zero-order valence-corrected chi connectivity index (χ0v) is 21.4. The molecule has 0 spiro atoms. The number of nitrogens with zero attached hydrogens (tertiary/aromatic N) is 1. The van der Waals surface area contributed by atoms with Crippen LogP contribution < -0.4 is 10.6 Å². The lowest BCUT2D eigenvalue weighted by Crippen LogP contribution is -2.59. The van der Waals surface area contributed by atoms with E-state index in [9.17, 15) is 9.59 Å². The van der Waals surface area contributed by atoms with Crippen LogP contribution in [-0.2, 0) is 16.6 Å². The first-order chi connectivity index (χ1) is 17.5. The number of fused-ring (bicyclic) bond motifs is 1. The molecule has 1 aliphatic rings. The van der Waals surface area contributed by atoms with Crippen molar-refractivity contribution in [3.05, 3.63) is 88.5 Å². The Bertz CT molecular complexity index is 1330. The topological polar surface area (TPSA) is 86.9 Å². The van der Waals surface area contributed by atoms with Gasteiger partial charge >= 0.3 is 0 Å². The lowest BCUT2D eigenvalue weighted by molar-refractivity contribution is -0.127. The molecule has 1 atom stereocenters. The van der Waals surface area contributed by atoms with Crippen molar-refractivity contribution in [3.63, 3.8) is 0 Å². The Morgan fingerprint density at radius 3 is 2.61 bits per heavy atom. The molecule has 0 unspecified atom stereocenters. The average Bonchev–Trinajstić information content (AvgIpc) is 3.59. The maximum absolute atomic E-state index is 13.9. The number of aromatic amines is 1. The number of benzene rings is 1. The second kappa shape index (κ2) is 10.3. The Morgan fingerprint density at radius 2 is 1.86 bits per heavy atom. The van der Waals surface area contributed by atoms with Crippen LogP contribution in [0.1, 0.15) is 60.0 Å². The molecule has 7 heteroatoms. The maximum Gasteiger partial charge on any atom is 0.262 e. The second-order valence-corrected chi connectivity index (χ2v) is 11.0. The second-order valence-electron chi connectivity index (χ2n) is 10.0. The van der Waals surface area contributed by atoms with Crippen LogP contribution in [0, 0.1) is 0 Å². The van der Waals surface area contributed by atoms with E-state index >= 15 is 0 Å². The lowest BCUT2D eigenvalue weighted by atomic mass is 9.71. The highest BCUT2D eigenvalue weighted by Gasteiger charge is 2.40. The number of aromatic nitrogens is 2. The molecular formula is C29H32N4O2S. The Hall–Kier alpha value is -3.45. The van der Waals surface area contributed by atoms with Crippen LogP contribution >= 0.6 is 11.3 Å². The number of carbonyl (C=O) groups is 2. The SMILES string of the molecule is C[C@@](Cc1c[nH]c2ccccc12)(NC(=O)c1cccs1)C(=O)NCC1(c2ccccn2)CCCCC1. The van der Waals surface area contributed by atoms with Crippen molar-refractivity contribution in [2.45, 2.75) is 56.4 Å². The van der Waals surface area contributed by atoms with E-state index in [4.69, 9.17) is 0 Å². The van der Waals surface area contributed by atoms with Crippen molar-refractivity contribution < 1.29 is 9.59 Å². The van der Waals surface area contributed by atoms with Gasteiger partial charge in [0.05, 0.1) is 4.88 Å². The van der Waals surface area contributed by atoms with Crippen molar-refractivity contribution in [1.29, 1.82) is 0 Å². The van der Waals surface area contributed by atoms with Crippen LogP contribution in [-0.4, -0.2) is 33.9 Å². The Balaban J connectivity index is 1.42. The van der Waals surface area contributed by atoms with Crippen molar-refractivity contribution in [2.24, 2.45) is 0 Å². The summed E-state index contributed by atoms with van der Waals surface area (Å²) < 4.78 is 0. The first kappa shape index (κ1) is 24.3. The maximum atomic E-state index is 13.9. The number of carbonyl (C=O) groups excluding carboxylic acids is 2. The Labute approximate surface area is 215 Å². The predicted octanol–water partition coefficient (Wildman–Crippen LogP) is 5.37. The minimum absolute atomic E-state index is 0.182. The van der Waals surface area contributed by atoms with Crippen LogP contribution in [0.25, 0.3) is 10.9 Å². The van der Waals surface area contributed by atoms with Gasteiger partial charge in [-0.05, 0) is 55.0 Å². The van der Waals surface area contributed by atoms with E-state index in [1.54, 1.807) is 6.07 Å². The molecule has 4 aromatic rings. The first-order valence-corrected chi connectivity index (χ1v) is 13.5. The van der Waals surface area contributed by atoms with Crippen LogP contribution in [0.2, 0.25) is 0 Å². The summed E-state index contributed by atoms with van der Waals surface area (Å²) in [5, 5.41) is 9.23.